The van der Waals surface area contributed by atoms with Gasteiger partial charge in [0.1, 0.15) is 6.61 Å². The molecule has 0 N–H and O–H groups in total. The van der Waals surface area contributed by atoms with Gasteiger partial charge in [-0.25, -0.2) is 0 Å². The van der Waals surface area contributed by atoms with E-state index in [0.29, 0.717) is 36.5 Å². The number of carbonyl (C=O) groups is 2. The SMILES string of the molecule is COCCN1C(=O)S/C(=C/c2cc(OC)c(OCc3ccc(Cl)cc3Cl)cc2Br)C1=O. The van der Waals surface area contributed by atoms with Crippen LogP contribution in [-0.4, -0.2) is 43.4 Å². The molecule has 31 heavy (non-hydrogen) atoms. The Kier molecular flexibility index (Phi) is 8.30. The van der Waals surface area contributed by atoms with Crippen molar-refractivity contribution in [3.8, 4) is 11.5 Å². The average Bonchev–Trinajstić information content (AvgIpc) is 3.00. The number of benzene rings is 2. The van der Waals surface area contributed by atoms with Gasteiger partial charge in [-0.15, -0.1) is 0 Å². The van der Waals surface area contributed by atoms with Crippen LogP contribution in [0.4, 0.5) is 4.79 Å². The topological polar surface area (TPSA) is 65.1 Å². The van der Waals surface area contributed by atoms with E-state index in [-0.39, 0.29) is 30.9 Å². The van der Waals surface area contributed by atoms with Crippen LogP contribution in [0.25, 0.3) is 6.08 Å². The molecule has 1 fully saturated rings. The van der Waals surface area contributed by atoms with E-state index in [4.69, 9.17) is 37.4 Å². The minimum atomic E-state index is -0.351. The van der Waals surface area contributed by atoms with Crippen LogP contribution in [0.1, 0.15) is 11.1 Å². The van der Waals surface area contributed by atoms with E-state index in [1.807, 2.05) is 0 Å². The molecule has 2 aromatic carbocycles. The van der Waals surface area contributed by atoms with Crippen LogP contribution in [-0.2, 0) is 16.1 Å². The second-order valence-corrected chi connectivity index (χ2v) is 9.07. The summed E-state index contributed by atoms with van der Waals surface area (Å²) in [6, 6.07) is 8.65. The Morgan fingerprint density at radius 1 is 1.13 bits per heavy atom. The standard InChI is InChI=1S/C21H18BrCl2NO5S/c1-28-6-5-25-20(26)19(31-21(25)27)8-13-7-17(29-2)18(10-15(13)22)30-11-12-3-4-14(23)9-16(12)24/h3-4,7-10H,5-6,11H2,1-2H3/b19-8+. The first-order chi connectivity index (χ1) is 14.8. The number of methoxy groups -OCH3 is 2. The van der Waals surface area contributed by atoms with E-state index >= 15 is 0 Å². The van der Waals surface area contributed by atoms with Crippen molar-refractivity contribution in [2.75, 3.05) is 27.4 Å². The molecule has 1 aliphatic heterocycles. The molecule has 1 heterocycles. The zero-order valence-corrected chi connectivity index (χ0v) is 20.5. The van der Waals surface area contributed by atoms with Crippen LogP contribution in [0, 0.1) is 0 Å². The Hall–Kier alpha value is -1.71. The molecule has 2 aromatic rings. The molecule has 10 heteroatoms. The summed E-state index contributed by atoms with van der Waals surface area (Å²) in [5, 5.41) is 0.729. The van der Waals surface area contributed by atoms with Gasteiger partial charge >= 0.3 is 0 Å². The molecule has 0 bridgehead atoms. The molecule has 0 saturated carbocycles. The smallest absolute Gasteiger partial charge is 0.293 e. The Labute approximate surface area is 202 Å². The van der Waals surface area contributed by atoms with Gasteiger partial charge in [0.2, 0.25) is 0 Å². The van der Waals surface area contributed by atoms with Crippen LogP contribution in [0.15, 0.2) is 39.7 Å². The summed E-state index contributed by atoms with van der Waals surface area (Å²) in [7, 11) is 3.04. The third-order valence-electron chi connectivity index (χ3n) is 4.36. The highest BCUT2D eigenvalue weighted by atomic mass is 79.9. The second-order valence-electron chi connectivity index (χ2n) is 6.38. The fraction of sp³-hybridized carbons (Fsp3) is 0.238. The highest BCUT2D eigenvalue weighted by Crippen LogP contribution is 2.38. The maximum atomic E-state index is 12.5. The number of halogens is 3. The first-order valence-corrected chi connectivity index (χ1v) is 11.4. The summed E-state index contributed by atoms with van der Waals surface area (Å²) >= 11 is 16.5. The molecule has 0 aromatic heterocycles. The number of rotatable bonds is 8. The van der Waals surface area contributed by atoms with Gasteiger partial charge < -0.3 is 14.2 Å². The van der Waals surface area contributed by atoms with Gasteiger partial charge in [-0.3, -0.25) is 14.5 Å². The van der Waals surface area contributed by atoms with Crippen LogP contribution in [0.5, 0.6) is 11.5 Å². The van der Waals surface area contributed by atoms with Gasteiger partial charge in [0.25, 0.3) is 11.1 Å². The minimum Gasteiger partial charge on any atom is -0.493 e. The average molecular weight is 547 g/mol. The summed E-state index contributed by atoms with van der Waals surface area (Å²) in [6.45, 7) is 0.714. The predicted molar refractivity (Wildman–Crippen MR) is 126 cm³/mol. The van der Waals surface area contributed by atoms with E-state index in [1.165, 1.54) is 19.1 Å². The van der Waals surface area contributed by atoms with Gasteiger partial charge in [0, 0.05) is 27.2 Å². The monoisotopic (exact) mass is 545 g/mol. The molecular formula is C21H18BrCl2NO5S. The molecular weight excluding hydrogens is 529 g/mol. The Morgan fingerprint density at radius 2 is 1.90 bits per heavy atom. The first kappa shape index (κ1) is 23.9. The second kappa shape index (κ2) is 10.7. The number of thioether (sulfide) groups is 1. The predicted octanol–water partition coefficient (Wildman–Crippen LogP) is 6.03. The van der Waals surface area contributed by atoms with Crippen molar-refractivity contribution in [3.63, 3.8) is 0 Å². The lowest BCUT2D eigenvalue weighted by atomic mass is 10.1. The summed E-state index contributed by atoms with van der Waals surface area (Å²) in [5.41, 5.74) is 1.45. The van der Waals surface area contributed by atoms with E-state index in [0.717, 1.165) is 17.3 Å². The molecule has 164 valence electrons. The largest absolute Gasteiger partial charge is 0.493 e. The molecule has 1 saturated heterocycles. The fourth-order valence-electron chi connectivity index (χ4n) is 2.74. The van der Waals surface area contributed by atoms with Gasteiger partial charge in [-0.2, -0.15) is 0 Å². The number of nitrogens with zero attached hydrogens (tertiary/aromatic N) is 1. The molecule has 1 aliphatic rings. The third-order valence-corrected chi connectivity index (χ3v) is 6.54. The summed E-state index contributed by atoms with van der Waals surface area (Å²) in [6.07, 6.45) is 1.64. The van der Waals surface area contributed by atoms with E-state index < -0.39 is 0 Å². The Bertz CT molecular complexity index is 1050. The van der Waals surface area contributed by atoms with E-state index in [1.54, 1.807) is 36.4 Å². The number of carbonyl (C=O) groups excluding carboxylic acids is 2. The van der Waals surface area contributed by atoms with Gasteiger partial charge in [-0.05, 0) is 47.7 Å². The lowest BCUT2D eigenvalue weighted by molar-refractivity contribution is -0.123. The third kappa shape index (κ3) is 5.75. The normalized spacial score (nSPS) is 15.1. The molecule has 0 radical (unpaired) electrons. The number of imide groups is 1. The first-order valence-electron chi connectivity index (χ1n) is 9.02. The zero-order chi connectivity index (χ0) is 22.5. The zero-order valence-electron chi connectivity index (χ0n) is 16.6. The number of amides is 2. The van der Waals surface area contributed by atoms with Crippen molar-refractivity contribution in [1.29, 1.82) is 0 Å². The highest BCUT2D eigenvalue weighted by molar-refractivity contribution is 9.10. The molecule has 6 nitrogen and oxygen atoms in total. The van der Waals surface area contributed by atoms with E-state index in [9.17, 15) is 9.59 Å². The van der Waals surface area contributed by atoms with E-state index in [2.05, 4.69) is 15.9 Å². The van der Waals surface area contributed by atoms with Gasteiger partial charge in [-0.1, -0.05) is 45.2 Å². The summed E-state index contributed by atoms with van der Waals surface area (Å²) in [4.78, 5) is 26.1. The van der Waals surface area contributed by atoms with Gasteiger partial charge in [0.15, 0.2) is 11.5 Å². The van der Waals surface area contributed by atoms with Crippen LogP contribution in [0.3, 0.4) is 0 Å². The molecule has 2 amide bonds. The van der Waals surface area contributed by atoms with Crippen LogP contribution in [0.2, 0.25) is 10.0 Å². The van der Waals surface area contributed by atoms with Crippen molar-refractivity contribution in [1.82, 2.24) is 4.90 Å². The highest BCUT2D eigenvalue weighted by Gasteiger charge is 2.34. The molecule has 0 atom stereocenters. The fourth-order valence-corrected chi connectivity index (χ4v) is 4.50. The van der Waals surface area contributed by atoms with Crippen molar-refractivity contribution >= 4 is 68.1 Å². The number of hydrogen-bond acceptors (Lipinski definition) is 6. The van der Waals surface area contributed by atoms with Gasteiger partial charge in [0.05, 0.1) is 25.2 Å². The Balaban J connectivity index is 1.81. The molecule has 0 unspecified atom stereocenters. The summed E-state index contributed by atoms with van der Waals surface area (Å²) in [5.74, 6) is 0.611. The lowest BCUT2D eigenvalue weighted by Crippen LogP contribution is -2.31. The molecule has 0 aliphatic carbocycles. The maximum absolute atomic E-state index is 12.5. The van der Waals surface area contributed by atoms with Crippen molar-refractivity contribution in [2.24, 2.45) is 0 Å². The van der Waals surface area contributed by atoms with Crippen molar-refractivity contribution in [3.05, 3.63) is 60.9 Å². The number of hydrogen-bond donors (Lipinski definition) is 0. The summed E-state index contributed by atoms with van der Waals surface area (Å²) < 4.78 is 17.0. The quantitative estimate of drug-likeness (QED) is 0.377. The van der Waals surface area contributed by atoms with Crippen molar-refractivity contribution < 1.29 is 23.8 Å². The molecule has 3 rings (SSSR count). The Morgan fingerprint density at radius 3 is 2.58 bits per heavy atom. The molecule has 0 spiro atoms. The maximum Gasteiger partial charge on any atom is 0.293 e. The minimum absolute atomic E-state index is 0.211. The number of ether oxygens (including phenoxy) is 3. The van der Waals surface area contributed by atoms with Crippen molar-refractivity contribution in [2.45, 2.75) is 6.61 Å². The van der Waals surface area contributed by atoms with Crippen LogP contribution < -0.4 is 9.47 Å². The lowest BCUT2D eigenvalue weighted by Gasteiger charge is -2.14. The van der Waals surface area contributed by atoms with Crippen LogP contribution >= 0.6 is 50.9 Å².